The normalized spacial score (nSPS) is 31.0. The monoisotopic (exact) mass is 323 g/mol. The van der Waals surface area contributed by atoms with E-state index >= 15 is 0 Å². The summed E-state index contributed by atoms with van der Waals surface area (Å²) in [5, 5.41) is 3.23. The summed E-state index contributed by atoms with van der Waals surface area (Å²) >= 11 is 0. The van der Waals surface area contributed by atoms with E-state index in [0.29, 0.717) is 18.2 Å². The van der Waals surface area contributed by atoms with Crippen molar-refractivity contribution in [1.82, 2.24) is 9.71 Å². The molecule has 2 aromatic rings. The predicted octanol–water partition coefficient (Wildman–Crippen LogP) is 0.945. The van der Waals surface area contributed by atoms with Gasteiger partial charge in [-0.2, -0.15) is 4.98 Å². The number of nitrogens with zero attached hydrogens (tertiary/aromatic N) is 1. The van der Waals surface area contributed by atoms with Gasteiger partial charge in [0.05, 0.1) is 24.4 Å². The first kappa shape index (κ1) is 14.0. The number of hydrogen-bond acceptors (Lipinski definition) is 6. The third kappa shape index (κ3) is 2.37. The molecule has 4 rings (SSSR count). The molecular formula is C14H17N3O4S. The first-order valence-corrected chi connectivity index (χ1v) is 9.11. The first-order chi connectivity index (χ1) is 10.5. The fourth-order valence-corrected chi connectivity index (χ4v) is 4.14. The number of sulfonamides is 1. The van der Waals surface area contributed by atoms with Crippen molar-refractivity contribution in [3.8, 4) is 0 Å². The zero-order valence-corrected chi connectivity index (χ0v) is 12.8. The van der Waals surface area contributed by atoms with Crippen molar-refractivity contribution in [1.29, 1.82) is 0 Å². The molecule has 2 heterocycles. The van der Waals surface area contributed by atoms with E-state index in [-0.39, 0.29) is 24.1 Å². The van der Waals surface area contributed by atoms with Gasteiger partial charge in [0.15, 0.2) is 5.58 Å². The van der Waals surface area contributed by atoms with Gasteiger partial charge in [-0.1, -0.05) is 12.1 Å². The molecule has 2 fully saturated rings. The molecule has 0 spiro atoms. The van der Waals surface area contributed by atoms with Crippen LogP contribution in [0.3, 0.4) is 0 Å². The summed E-state index contributed by atoms with van der Waals surface area (Å²) in [6, 6.07) is 7.55. The number of aromatic nitrogens is 1. The Morgan fingerprint density at radius 3 is 2.86 bits per heavy atom. The van der Waals surface area contributed by atoms with E-state index in [4.69, 9.17) is 9.15 Å². The molecular weight excluding hydrogens is 306 g/mol. The van der Waals surface area contributed by atoms with Gasteiger partial charge in [-0.3, -0.25) is 0 Å². The van der Waals surface area contributed by atoms with Gasteiger partial charge in [0, 0.05) is 12.5 Å². The van der Waals surface area contributed by atoms with Gasteiger partial charge in [-0.15, -0.1) is 0 Å². The lowest BCUT2D eigenvalue weighted by Gasteiger charge is -2.47. The fourth-order valence-electron chi connectivity index (χ4n) is 3.37. The van der Waals surface area contributed by atoms with Crippen LogP contribution in [-0.2, 0) is 14.8 Å². The second kappa shape index (κ2) is 4.94. The Morgan fingerprint density at radius 1 is 1.27 bits per heavy atom. The number of anilines is 1. The summed E-state index contributed by atoms with van der Waals surface area (Å²) in [4.78, 5) is 4.38. The number of nitrogens with one attached hydrogen (secondary N) is 2. The van der Waals surface area contributed by atoms with Crippen LogP contribution in [-0.4, -0.2) is 44.5 Å². The molecule has 118 valence electrons. The Balaban J connectivity index is 1.57. The van der Waals surface area contributed by atoms with E-state index in [2.05, 4.69) is 15.0 Å². The minimum absolute atomic E-state index is 0.0726. The largest absolute Gasteiger partial charge is 0.424 e. The Hall–Kier alpha value is -1.64. The molecule has 7 nitrogen and oxygen atoms in total. The van der Waals surface area contributed by atoms with Crippen molar-refractivity contribution in [2.24, 2.45) is 5.92 Å². The van der Waals surface area contributed by atoms with Crippen LogP contribution in [0.25, 0.3) is 11.1 Å². The third-order valence-corrected chi connectivity index (χ3v) is 5.02. The molecule has 22 heavy (non-hydrogen) atoms. The van der Waals surface area contributed by atoms with Gasteiger partial charge < -0.3 is 14.5 Å². The lowest BCUT2D eigenvalue weighted by molar-refractivity contribution is -0.00365. The van der Waals surface area contributed by atoms with Gasteiger partial charge in [0.25, 0.3) is 6.01 Å². The number of rotatable bonds is 4. The summed E-state index contributed by atoms with van der Waals surface area (Å²) in [6.07, 6.45) is 1.99. The first-order valence-electron chi connectivity index (χ1n) is 7.22. The van der Waals surface area contributed by atoms with Crippen LogP contribution >= 0.6 is 0 Å². The Bertz CT molecular complexity index is 770. The highest BCUT2D eigenvalue weighted by atomic mass is 32.2. The smallest absolute Gasteiger partial charge is 0.295 e. The summed E-state index contributed by atoms with van der Waals surface area (Å²) < 4.78 is 37.0. The Kier molecular flexibility index (Phi) is 3.14. The molecule has 0 amide bonds. The number of para-hydroxylation sites is 2. The molecule has 8 heteroatoms. The van der Waals surface area contributed by atoms with Crippen LogP contribution in [0.4, 0.5) is 6.01 Å². The molecule has 1 saturated heterocycles. The minimum atomic E-state index is -3.29. The molecule has 2 aliphatic rings. The van der Waals surface area contributed by atoms with Crippen molar-refractivity contribution < 1.29 is 17.6 Å². The van der Waals surface area contributed by atoms with Crippen LogP contribution in [0.1, 0.15) is 6.42 Å². The van der Waals surface area contributed by atoms with Crippen LogP contribution in [0, 0.1) is 5.92 Å². The molecule has 0 bridgehead atoms. The molecule has 1 aromatic carbocycles. The van der Waals surface area contributed by atoms with E-state index in [9.17, 15) is 8.42 Å². The van der Waals surface area contributed by atoms with Crippen molar-refractivity contribution in [2.75, 3.05) is 18.2 Å². The Morgan fingerprint density at radius 2 is 2.09 bits per heavy atom. The van der Waals surface area contributed by atoms with Crippen molar-refractivity contribution in [3.63, 3.8) is 0 Å². The zero-order chi connectivity index (χ0) is 15.3. The minimum Gasteiger partial charge on any atom is -0.424 e. The summed E-state index contributed by atoms with van der Waals surface area (Å²) in [7, 11) is -3.29. The zero-order valence-electron chi connectivity index (χ0n) is 12.0. The van der Waals surface area contributed by atoms with Crippen LogP contribution in [0.5, 0.6) is 0 Å². The predicted molar refractivity (Wildman–Crippen MR) is 81.0 cm³/mol. The van der Waals surface area contributed by atoms with Gasteiger partial charge >= 0.3 is 0 Å². The molecule has 0 unspecified atom stereocenters. The second-order valence-electron chi connectivity index (χ2n) is 5.86. The molecule has 2 N–H and O–H groups in total. The second-order valence-corrected chi connectivity index (χ2v) is 7.64. The van der Waals surface area contributed by atoms with Gasteiger partial charge in [-0.25, -0.2) is 13.1 Å². The van der Waals surface area contributed by atoms with Crippen LogP contribution < -0.4 is 10.0 Å². The maximum Gasteiger partial charge on any atom is 0.295 e. The van der Waals surface area contributed by atoms with E-state index in [1.54, 1.807) is 0 Å². The number of benzene rings is 1. The molecule has 1 aliphatic carbocycles. The number of oxazole rings is 1. The number of hydrogen-bond donors (Lipinski definition) is 2. The highest BCUT2D eigenvalue weighted by Crippen LogP contribution is 2.41. The highest BCUT2D eigenvalue weighted by Gasteiger charge is 2.55. The summed E-state index contributed by atoms with van der Waals surface area (Å²) in [5.41, 5.74) is 1.48. The quantitative estimate of drug-likeness (QED) is 0.870. The topological polar surface area (TPSA) is 93.5 Å². The van der Waals surface area contributed by atoms with Crippen LogP contribution in [0.2, 0.25) is 0 Å². The van der Waals surface area contributed by atoms with Gasteiger partial charge in [0.2, 0.25) is 10.0 Å². The lowest BCUT2D eigenvalue weighted by atomic mass is 9.72. The standard InChI is InChI=1S/C14H17N3O4S/c1-22(18,19)17-12-11(8-6-7-20-13(8)12)16-14-15-9-4-2-3-5-10(9)21-14/h2-5,8,11-13,17H,6-7H2,1H3,(H,15,16)/t8-,11+,12-,13-/m1/s1. The molecule has 4 atom stereocenters. The van der Waals surface area contributed by atoms with E-state index < -0.39 is 10.0 Å². The molecule has 1 aliphatic heterocycles. The van der Waals surface area contributed by atoms with Crippen molar-refractivity contribution >= 4 is 27.1 Å². The molecule has 1 saturated carbocycles. The average Bonchev–Trinajstić information content (AvgIpc) is 3.05. The summed E-state index contributed by atoms with van der Waals surface area (Å²) in [6.45, 7) is 0.656. The van der Waals surface area contributed by atoms with E-state index in [1.807, 2.05) is 24.3 Å². The van der Waals surface area contributed by atoms with Gasteiger partial charge in [-0.05, 0) is 18.6 Å². The fraction of sp³-hybridized carbons (Fsp3) is 0.500. The molecule has 1 aromatic heterocycles. The Labute approximate surface area is 128 Å². The maximum absolute atomic E-state index is 11.5. The van der Waals surface area contributed by atoms with Crippen molar-refractivity contribution in [2.45, 2.75) is 24.6 Å². The highest BCUT2D eigenvalue weighted by molar-refractivity contribution is 7.88. The van der Waals surface area contributed by atoms with E-state index in [1.165, 1.54) is 0 Å². The van der Waals surface area contributed by atoms with Crippen LogP contribution in [0.15, 0.2) is 28.7 Å². The lowest BCUT2D eigenvalue weighted by Crippen LogP contribution is -2.67. The maximum atomic E-state index is 11.5. The van der Waals surface area contributed by atoms with Gasteiger partial charge in [0.1, 0.15) is 5.52 Å². The number of ether oxygens (including phenoxy) is 1. The summed E-state index contributed by atoms with van der Waals surface area (Å²) in [5.74, 6) is 0.272. The average molecular weight is 323 g/mol. The van der Waals surface area contributed by atoms with Crippen molar-refractivity contribution in [3.05, 3.63) is 24.3 Å². The number of fused-ring (bicyclic) bond motifs is 2. The SMILES string of the molecule is CS(=O)(=O)N[C@@H]1[C@@H](Nc2nc3ccccc3o2)[C@H]2CCO[C@H]21. The molecule has 0 radical (unpaired) electrons. The third-order valence-electron chi connectivity index (χ3n) is 4.32. The van der Waals surface area contributed by atoms with E-state index in [0.717, 1.165) is 18.2 Å².